The smallest absolute Gasteiger partial charge is 0.0835 e. The van der Waals surface area contributed by atoms with Gasteiger partial charge in [0.25, 0.3) is 0 Å². The Morgan fingerprint density at radius 2 is 1.84 bits per heavy atom. The van der Waals surface area contributed by atoms with Crippen molar-refractivity contribution in [2.24, 2.45) is 0 Å². The first kappa shape index (κ1) is 15.4. The third kappa shape index (κ3) is 4.23. The average Bonchev–Trinajstić information content (AvgIpc) is 2.41. The molecule has 19 heavy (non-hydrogen) atoms. The summed E-state index contributed by atoms with van der Waals surface area (Å²) < 4.78 is 0.823. The molecular formula is C13H18BrCl2N3. The molecule has 6 heteroatoms. The Balaban J connectivity index is 1.81. The van der Waals surface area contributed by atoms with Gasteiger partial charge in [-0.2, -0.15) is 0 Å². The van der Waals surface area contributed by atoms with Crippen LogP contribution >= 0.6 is 39.1 Å². The van der Waals surface area contributed by atoms with E-state index >= 15 is 0 Å². The van der Waals surface area contributed by atoms with E-state index < -0.39 is 0 Å². The van der Waals surface area contributed by atoms with Gasteiger partial charge in [-0.25, -0.2) is 0 Å². The van der Waals surface area contributed by atoms with Crippen molar-refractivity contribution in [2.45, 2.75) is 0 Å². The molecule has 0 saturated carbocycles. The lowest BCUT2D eigenvalue weighted by Crippen LogP contribution is -2.45. The van der Waals surface area contributed by atoms with E-state index in [4.69, 9.17) is 23.2 Å². The second-order valence-corrected chi connectivity index (χ2v) is 6.40. The fraction of sp³-hybridized carbons (Fsp3) is 0.538. The number of piperazine rings is 1. The molecule has 3 nitrogen and oxygen atoms in total. The zero-order chi connectivity index (χ0) is 13.8. The van der Waals surface area contributed by atoms with Gasteiger partial charge in [0, 0.05) is 43.7 Å². The molecule has 106 valence electrons. The van der Waals surface area contributed by atoms with E-state index in [2.05, 4.69) is 38.1 Å². The van der Waals surface area contributed by atoms with E-state index in [9.17, 15) is 0 Å². The highest BCUT2D eigenvalue weighted by atomic mass is 79.9. The monoisotopic (exact) mass is 365 g/mol. The zero-order valence-electron chi connectivity index (χ0n) is 10.9. The van der Waals surface area contributed by atoms with Gasteiger partial charge in [0.1, 0.15) is 0 Å². The van der Waals surface area contributed by atoms with Crippen LogP contribution in [0.4, 0.5) is 5.69 Å². The van der Waals surface area contributed by atoms with Gasteiger partial charge in [0.15, 0.2) is 0 Å². The van der Waals surface area contributed by atoms with Gasteiger partial charge in [-0.05, 0) is 35.1 Å². The number of hydrogen-bond acceptors (Lipinski definition) is 3. The van der Waals surface area contributed by atoms with E-state index in [1.54, 1.807) is 0 Å². The number of anilines is 1. The highest BCUT2D eigenvalue weighted by molar-refractivity contribution is 9.10. The Kier molecular flexibility index (Phi) is 5.78. The van der Waals surface area contributed by atoms with Crippen LogP contribution in [-0.2, 0) is 0 Å². The minimum atomic E-state index is 0.561. The minimum absolute atomic E-state index is 0.561. The predicted molar refractivity (Wildman–Crippen MR) is 86.6 cm³/mol. The van der Waals surface area contributed by atoms with Gasteiger partial charge in [-0.1, -0.05) is 23.2 Å². The molecule has 0 radical (unpaired) electrons. The van der Waals surface area contributed by atoms with Crippen LogP contribution in [0.5, 0.6) is 0 Å². The average molecular weight is 367 g/mol. The molecule has 1 fully saturated rings. The van der Waals surface area contributed by atoms with Crippen LogP contribution in [0.25, 0.3) is 0 Å². The van der Waals surface area contributed by atoms with Gasteiger partial charge in [0.2, 0.25) is 0 Å². The maximum absolute atomic E-state index is 6.19. The fourth-order valence-electron chi connectivity index (χ4n) is 2.08. The number of rotatable bonds is 4. The number of likely N-dealkylation sites (N-methyl/N-ethyl adjacent to an activating group) is 1. The molecule has 0 atom stereocenters. The predicted octanol–water partition coefficient (Wildman–Crippen LogP) is 3.42. The van der Waals surface area contributed by atoms with Gasteiger partial charge in [-0.15, -0.1) is 0 Å². The summed E-state index contributed by atoms with van der Waals surface area (Å²) in [6.07, 6.45) is 0. The lowest BCUT2D eigenvalue weighted by Gasteiger charge is -2.32. The van der Waals surface area contributed by atoms with Crippen molar-refractivity contribution in [1.29, 1.82) is 0 Å². The summed E-state index contributed by atoms with van der Waals surface area (Å²) >= 11 is 15.6. The Bertz CT molecular complexity index is 434. The Hall–Kier alpha value is -0.000000000000000111. The summed E-state index contributed by atoms with van der Waals surface area (Å²) in [4.78, 5) is 4.82. The molecule has 1 aliphatic heterocycles. The van der Waals surface area contributed by atoms with Gasteiger partial charge in [-0.3, -0.25) is 4.90 Å². The largest absolute Gasteiger partial charge is 0.383 e. The summed E-state index contributed by atoms with van der Waals surface area (Å²) in [5, 5.41) is 4.49. The fourth-order valence-corrected chi connectivity index (χ4v) is 2.92. The number of nitrogens with one attached hydrogen (secondary N) is 1. The summed E-state index contributed by atoms with van der Waals surface area (Å²) in [5.74, 6) is 0. The molecular weight excluding hydrogens is 349 g/mol. The molecule has 1 aromatic carbocycles. The lowest BCUT2D eigenvalue weighted by atomic mass is 10.3. The topological polar surface area (TPSA) is 18.5 Å². The van der Waals surface area contributed by atoms with E-state index in [0.29, 0.717) is 10.0 Å². The first-order valence-electron chi connectivity index (χ1n) is 6.36. The van der Waals surface area contributed by atoms with Crippen LogP contribution in [0.15, 0.2) is 16.6 Å². The molecule has 1 heterocycles. The summed E-state index contributed by atoms with van der Waals surface area (Å²) in [7, 11) is 2.17. The number of benzene rings is 1. The second kappa shape index (κ2) is 7.14. The van der Waals surface area contributed by atoms with Crippen LogP contribution < -0.4 is 5.32 Å². The van der Waals surface area contributed by atoms with Crippen LogP contribution in [-0.4, -0.2) is 56.1 Å². The van der Waals surface area contributed by atoms with Crippen molar-refractivity contribution in [3.63, 3.8) is 0 Å². The Labute approximate surface area is 133 Å². The van der Waals surface area contributed by atoms with Crippen LogP contribution in [0.1, 0.15) is 0 Å². The lowest BCUT2D eigenvalue weighted by molar-refractivity contribution is 0.158. The Morgan fingerprint density at radius 1 is 1.16 bits per heavy atom. The third-order valence-corrected chi connectivity index (χ3v) is 5.15. The molecule has 0 unspecified atom stereocenters. The van der Waals surface area contributed by atoms with Crippen molar-refractivity contribution < 1.29 is 0 Å². The zero-order valence-corrected chi connectivity index (χ0v) is 14.0. The quantitative estimate of drug-likeness (QED) is 0.823. The standard InChI is InChI=1S/C13H18BrCl2N3/c1-18-6-8-19(9-7-18)5-4-17-11-3-2-10(14)12(15)13(11)16/h2-3,17H,4-9H2,1H3. The maximum atomic E-state index is 6.19. The van der Waals surface area contributed by atoms with Gasteiger partial charge < -0.3 is 10.2 Å². The molecule has 1 N–H and O–H groups in total. The van der Waals surface area contributed by atoms with Crippen molar-refractivity contribution in [2.75, 3.05) is 51.6 Å². The molecule has 2 rings (SSSR count). The number of halogens is 3. The summed E-state index contributed by atoms with van der Waals surface area (Å²) in [6.45, 7) is 6.45. The highest BCUT2D eigenvalue weighted by Crippen LogP contribution is 2.35. The van der Waals surface area contributed by atoms with Crippen LogP contribution in [0.3, 0.4) is 0 Å². The second-order valence-electron chi connectivity index (χ2n) is 4.79. The first-order chi connectivity index (χ1) is 9.08. The van der Waals surface area contributed by atoms with E-state index in [1.807, 2.05) is 12.1 Å². The summed E-state index contributed by atoms with van der Waals surface area (Å²) in [5.41, 5.74) is 0.893. The van der Waals surface area contributed by atoms with E-state index in [0.717, 1.165) is 49.4 Å². The SMILES string of the molecule is CN1CCN(CCNc2ccc(Br)c(Cl)c2Cl)CC1. The number of hydrogen-bond donors (Lipinski definition) is 1. The van der Waals surface area contributed by atoms with Crippen molar-refractivity contribution >= 4 is 44.8 Å². The van der Waals surface area contributed by atoms with E-state index in [-0.39, 0.29) is 0 Å². The number of nitrogens with zero attached hydrogens (tertiary/aromatic N) is 2. The third-order valence-electron chi connectivity index (χ3n) is 3.37. The minimum Gasteiger partial charge on any atom is -0.383 e. The van der Waals surface area contributed by atoms with Gasteiger partial charge >= 0.3 is 0 Å². The normalized spacial score (nSPS) is 17.7. The first-order valence-corrected chi connectivity index (χ1v) is 7.91. The molecule has 0 aromatic heterocycles. The van der Waals surface area contributed by atoms with Crippen molar-refractivity contribution in [3.8, 4) is 0 Å². The maximum Gasteiger partial charge on any atom is 0.0835 e. The van der Waals surface area contributed by atoms with Crippen molar-refractivity contribution in [1.82, 2.24) is 9.80 Å². The molecule has 0 spiro atoms. The molecule has 1 aliphatic rings. The van der Waals surface area contributed by atoms with Crippen LogP contribution in [0.2, 0.25) is 10.0 Å². The van der Waals surface area contributed by atoms with Gasteiger partial charge in [0.05, 0.1) is 15.7 Å². The van der Waals surface area contributed by atoms with E-state index in [1.165, 1.54) is 0 Å². The molecule has 1 saturated heterocycles. The molecule has 1 aromatic rings. The summed E-state index contributed by atoms with van der Waals surface area (Å²) in [6, 6.07) is 3.86. The highest BCUT2D eigenvalue weighted by Gasteiger charge is 2.13. The molecule has 0 amide bonds. The molecule has 0 bridgehead atoms. The molecule has 0 aliphatic carbocycles. The van der Waals surface area contributed by atoms with Crippen LogP contribution in [0, 0.1) is 0 Å². The van der Waals surface area contributed by atoms with Crippen molar-refractivity contribution in [3.05, 3.63) is 26.7 Å². The Morgan fingerprint density at radius 3 is 2.53 bits per heavy atom.